The van der Waals surface area contributed by atoms with Crippen molar-refractivity contribution >= 4 is 55.2 Å². The molecule has 1 spiro atoms. The Morgan fingerprint density at radius 2 is 1.66 bits per heavy atom. The van der Waals surface area contributed by atoms with Gasteiger partial charge < -0.3 is 9.32 Å². The molecule has 2 aromatic heterocycles. The van der Waals surface area contributed by atoms with E-state index in [-0.39, 0.29) is 34.4 Å². The van der Waals surface area contributed by atoms with E-state index in [0.717, 1.165) is 21.4 Å². The number of anilines is 2. The summed E-state index contributed by atoms with van der Waals surface area (Å²) in [5.74, 6) is -1.66. The average molecular weight is 602 g/mol. The van der Waals surface area contributed by atoms with Crippen LogP contribution < -0.4 is 15.2 Å². The van der Waals surface area contributed by atoms with Gasteiger partial charge in [-0.25, -0.2) is 9.37 Å². The Morgan fingerprint density at radius 3 is 2.45 bits per heavy atom. The summed E-state index contributed by atoms with van der Waals surface area (Å²) in [6.45, 7) is 5.88. The first-order valence-corrected chi connectivity index (χ1v) is 15.0. The number of benzene rings is 4. The molecule has 0 radical (unpaired) electrons. The molecule has 2 aliphatic heterocycles. The lowest BCUT2D eigenvalue weighted by Crippen LogP contribution is -2.53. The molecular formula is C35H24FN3O4S. The Balaban J connectivity index is 1.45. The van der Waals surface area contributed by atoms with Gasteiger partial charge in [0.1, 0.15) is 11.4 Å². The molecule has 0 saturated carbocycles. The molecule has 1 unspecified atom stereocenters. The fourth-order valence-electron chi connectivity index (χ4n) is 6.46. The van der Waals surface area contributed by atoms with Crippen LogP contribution in [0.1, 0.15) is 43.9 Å². The molecule has 2 amide bonds. The van der Waals surface area contributed by atoms with Crippen LogP contribution in [-0.2, 0) is 16.9 Å². The number of aromatic nitrogens is 1. The third kappa shape index (κ3) is 3.47. The van der Waals surface area contributed by atoms with E-state index in [1.807, 2.05) is 39.0 Å². The van der Waals surface area contributed by atoms with Crippen molar-refractivity contribution < 1.29 is 18.4 Å². The van der Waals surface area contributed by atoms with Crippen LogP contribution in [0.25, 0.3) is 21.2 Å². The topological polar surface area (TPSA) is 83.7 Å². The number of hydrogen-bond donors (Lipinski definition) is 0. The van der Waals surface area contributed by atoms with Gasteiger partial charge in [0.15, 0.2) is 16.1 Å². The van der Waals surface area contributed by atoms with Gasteiger partial charge in [-0.1, -0.05) is 47.7 Å². The number of para-hydroxylation sites is 1. The van der Waals surface area contributed by atoms with Crippen LogP contribution in [0, 0.1) is 26.6 Å². The summed E-state index contributed by atoms with van der Waals surface area (Å²) < 4.78 is 20.9. The van der Waals surface area contributed by atoms with Crippen LogP contribution in [0.5, 0.6) is 0 Å². The fraction of sp³-hybridized carbons (Fsp3) is 0.143. The molecule has 6 aromatic rings. The highest BCUT2D eigenvalue weighted by molar-refractivity contribution is 7.22. The van der Waals surface area contributed by atoms with Gasteiger partial charge >= 0.3 is 0 Å². The largest absolute Gasteiger partial charge is 0.450 e. The Labute approximate surface area is 254 Å². The maximum Gasteiger partial charge on any atom is 0.297 e. The molecule has 216 valence electrons. The fourth-order valence-corrected chi connectivity index (χ4v) is 7.58. The van der Waals surface area contributed by atoms with Crippen molar-refractivity contribution in [3.63, 3.8) is 0 Å². The second-order valence-corrected chi connectivity index (χ2v) is 12.4. The molecule has 4 aromatic carbocycles. The lowest BCUT2D eigenvalue weighted by atomic mass is 9.84. The molecule has 0 N–H and O–H groups in total. The van der Waals surface area contributed by atoms with Crippen molar-refractivity contribution in [2.45, 2.75) is 32.9 Å². The summed E-state index contributed by atoms with van der Waals surface area (Å²) in [6, 6.07) is 22.4. The number of halogens is 1. The summed E-state index contributed by atoms with van der Waals surface area (Å²) in [5, 5.41) is 0.577. The number of carbonyl (C=O) groups is 2. The highest BCUT2D eigenvalue weighted by Crippen LogP contribution is 2.55. The quantitative estimate of drug-likeness (QED) is 0.220. The van der Waals surface area contributed by atoms with Gasteiger partial charge in [-0.05, 0) is 85.5 Å². The van der Waals surface area contributed by atoms with Crippen molar-refractivity contribution in [2.75, 3.05) is 9.80 Å². The second kappa shape index (κ2) is 9.17. The van der Waals surface area contributed by atoms with E-state index in [1.54, 1.807) is 53.4 Å². The van der Waals surface area contributed by atoms with Crippen molar-refractivity contribution in [2.24, 2.45) is 0 Å². The summed E-state index contributed by atoms with van der Waals surface area (Å²) >= 11 is 1.28. The van der Waals surface area contributed by atoms with E-state index in [9.17, 15) is 14.0 Å². The zero-order valence-corrected chi connectivity index (χ0v) is 24.8. The van der Waals surface area contributed by atoms with Gasteiger partial charge in [0, 0.05) is 5.56 Å². The number of fused-ring (bicyclic) bond motifs is 6. The maximum absolute atomic E-state index is 15.1. The molecule has 0 fully saturated rings. The summed E-state index contributed by atoms with van der Waals surface area (Å²) in [4.78, 5) is 51.9. The third-order valence-corrected chi connectivity index (χ3v) is 9.72. The minimum Gasteiger partial charge on any atom is -0.450 e. The maximum atomic E-state index is 15.1. The van der Waals surface area contributed by atoms with E-state index in [4.69, 9.17) is 9.40 Å². The van der Waals surface area contributed by atoms with Crippen LogP contribution in [0.3, 0.4) is 0 Å². The summed E-state index contributed by atoms with van der Waals surface area (Å²) in [7, 11) is 0. The molecule has 8 rings (SSSR count). The molecule has 9 heteroatoms. The Morgan fingerprint density at radius 1 is 0.909 bits per heavy atom. The van der Waals surface area contributed by atoms with Crippen molar-refractivity contribution in [3.05, 3.63) is 134 Å². The first-order chi connectivity index (χ1) is 21.2. The van der Waals surface area contributed by atoms with Gasteiger partial charge in [-0.2, -0.15) is 0 Å². The number of amides is 2. The van der Waals surface area contributed by atoms with Gasteiger partial charge in [-0.3, -0.25) is 19.3 Å². The number of hydrogen-bond acceptors (Lipinski definition) is 6. The van der Waals surface area contributed by atoms with Gasteiger partial charge in [0.2, 0.25) is 5.76 Å². The molecule has 7 nitrogen and oxygen atoms in total. The Bertz CT molecular complexity index is 2290. The Hall–Kier alpha value is -5.15. The number of carbonyl (C=O) groups excluding carboxylic acids is 2. The van der Waals surface area contributed by atoms with Crippen molar-refractivity contribution in [1.29, 1.82) is 0 Å². The predicted octanol–water partition coefficient (Wildman–Crippen LogP) is 6.92. The summed E-state index contributed by atoms with van der Waals surface area (Å²) in [5.41, 5.74) is 3.17. The van der Waals surface area contributed by atoms with E-state index < -0.39 is 22.8 Å². The molecule has 4 heterocycles. The first-order valence-electron chi connectivity index (χ1n) is 14.1. The lowest BCUT2D eigenvalue weighted by Gasteiger charge is -2.32. The van der Waals surface area contributed by atoms with Crippen molar-refractivity contribution in [3.8, 4) is 0 Å². The minimum atomic E-state index is -1.86. The van der Waals surface area contributed by atoms with Crippen LogP contribution in [0.4, 0.5) is 15.2 Å². The zero-order valence-electron chi connectivity index (χ0n) is 24.0. The van der Waals surface area contributed by atoms with Crippen LogP contribution >= 0.6 is 11.3 Å². The molecule has 44 heavy (non-hydrogen) atoms. The number of nitrogens with zero attached hydrogens (tertiary/aromatic N) is 3. The van der Waals surface area contributed by atoms with Gasteiger partial charge in [0.25, 0.3) is 11.8 Å². The molecule has 2 aliphatic rings. The van der Waals surface area contributed by atoms with Crippen LogP contribution in [0.2, 0.25) is 0 Å². The highest BCUT2D eigenvalue weighted by Gasteiger charge is 2.66. The van der Waals surface area contributed by atoms with Crippen LogP contribution in [0.15, 0.2) is 88.1 Å². The number of thiazole rings is 1. The normalized spacial score (nSPS) is 17.4. The average Bonchev–Trinajstić information content (AvgIpc) is 3.61. The minimum absolute atomic E-state index is 0.0206. The SMILES string of the molecule is Cc1ccc2nc(N3C(=O)c4oc5cc(C)c(C)cc5c(=O)c4C34C(=O)N(Cc3ccc(F)cc3)c3ccccc34)sc2c1. The predicted molar refractivity (Wildman–Crippen MR) is 168 cm³/mol. The zero-order chi connectivity index (χ0) is 30.5. The smallest absolute Gasteiger partial charge is 0.297 e. The van der Waals surface area contributed by atoms with Crippen molar-refractivity contribution in [1.82, 2.24) is 4.98 Å². The lowest BCUT2D eigenvalue weighted by molar-refractivity contribution is -0.121. The van der Waals surface area contributed by atoms with E-state index in [0.29, 0.717) is 27.7 Å². The molecular weight excluding hydrogens is 577 g/mol. The second-order valence-electron chi connectivity index (χ2n) is 11.4. The molecule has 1 atom stereocenters. The van der Waals surface area contributed by atoms with E-state index in [1.165, 1.54) is 28.4 Å². The third-order valence-electron chi connectivity index (χ3n) is 8.72. The number of rotatable bonds is 3. The first kappa shape index (κ1) is 26.5. The van der Waals surface area contributed by atoms with Gasteiger partial charge in [-0.15, -0.1) is 0 Å². The molecule has 0 aliphatic carbocycles. The summed E-state index contributed by atoms with van der Waals surface area (Å²) in [6.07, 6.45) is 0. The molecule has 0 bridgehead atoms. The van der Waals surface area contributed by atoms with E-state index >= 15 is 4.79 Å². The highest BCUT2D eigenvalue weighted by atomic mass is 32.1. The standard InChI is InChI=1S/C35H24FN3O4S/c1-18-8-13-25-28(14-18)44-34(37-25)39-32(41)31-29(30(40)23-15-19(2)20(3)16-27(23)43-31)35(39)24-6-4-5-7-26(24)38(33(35)42)17-21-9-11-22(36)12-10-21/h4-16H,17H2,1-3H3. The monoisotopic (exact) mass is 601 g/mol. The van der Waals surface area contributed by atoms with Gasteiger partial charge in [0.05, 0.1) is 33.4 Å². The molecule has 0 saturated heterocycles. The van der Waals surface area contributed by atoms with Crippen LogP contribution in [-0.4, -0.2) is 16.8 Å². The van der Waals surface area contributed by atoms with E-state index in [2.05, 4.69) is 0 Å². The Kier molecular flexibility index (Phi) is 5.52. The number of aryl methyl sites for hydroxylation is 3.